The van der Waals surface area contributed by atoms with E-state index in [-0.39, 0.29) is 24.8 Å². The van der Waals surface area contributed by atoms with Crippen molar-refractivity contribution in [3.05, 3.63) is 27.1 Å². The van der Waals surface area contributed by atoms with Crippen LogP contribution >= 0.6 is 11.3 Å². The third-order valence-electron chi connectivity index (χ3n) is 4.86. The number of aryl methyl sites for hydroxylation is 1. The van der Waals surface area contributed by atoms with Crippen LogP contribution in [0.15, 0.2) is 11.1 Å². The number of carbonyl (C=O) groups is 2. The van der Waals surface area contributed by atoms with E-state index >= 15 is 0 Å². The van der Waals surface area contributed by atoms with Crippen molar-refractivity contribution >= 4 is 33.5 Å². The summed E-state index contributed by atoms with van der Waals surface area (Å²) in [7, 11) is 0. The predicted molar refractivity (Wildman–Crippen MR) is 102 cm³/mol. The highest BCUT2D eigenvalue weighted by atomic mass is 32.1. The minimum absolute atomic E-state index is 0.0769. The minimum Gasteiger partial charge on any atom is -0.462 e. The molecule has 8 heteroatoms. The van der Waals surface area contributed by atoms with Gasteiger partial charge in [0, 0.05) is 0 Å². The van der Waals surface area contributed by atoms with Gasteiger partial charge in [-0.2, -0.15) is 0 Å². The maximum Gasteiger partial charge on any atom is 0.348 e. The minimum atomic E-state index is -0.463. The largest absolute Gasteiger partial charge is 0.462 e. The van der Waals surface area contributed by atoms with Gasteiger partial charge in [0.15, 0.2) is 0 Å². The van der Waals surface area contributed by atoms with E-state index in [1.807, 2.05) is 0 Å². The lowest BCUT2D eigenvalue weighted by Crippen LogP contribution is -2.30. The van der Waals surface area contributed by atoms with Gasteiger partial charge < -0.3 is 9.47 Å². The van der Waals surface area contributed by atoms with Gasteiger partial charge in [0.2, 0.25) is 0 Å². The van der Waals surface area contributed by atoms with Crippen molar-refractivity contribution in [2.24, 2.45) is 5.92 Å². The van der Waals surface area contributed by atoms with Gasteiger partial charge >= 0.3 is 11.9 Å². The number of nitrogens with zero attached hydrogens (tertiary/aromatic N) is 2. The summed E-state index contributed by atoms with van der Waals surface area (Å²) in [5.41, 5.74) is 0.188. The molecule has 27 heavy (non-hydrogen) atoms. The summed E-state index contributed by atoms with van der Waals surface area (Å²) in [6, 6.07) is 0. The Labute approximate surface area is 161 Å². The smallest absolute Gasteiger partial charge is 0.348 e. The molecule has 0 amide bonds. The fourth-order valence-corrected chi connectivity index (χ4v) is 4.54. The molecule has 0 unspecified atom stereocenters. The van der Waals surface area contributed by atoms with Crippen LogP contribution in [0.5, 0.6) is 0 Å². The molecule has 1 fully saturated rings. The van der Waals surface area contributed by atoms with Crippen LogP contribution in [0.25, 0.3) is 10.2 Å². The molecule has 1 aliphatic rings. The number of fused-ring (bicyclic) bond motifs is 1. The van der Waals surface area contributed by atoms with E-state index in [0.29, 0.717) is 26.6 Å². The van der Waals surface area contributed by atoms with Crippen molar-refractivity contribution < 1.29 is 19.1 Å². The first kappa shape index (κ1) is 19.5. The maximum atomic E-state index is 12.8. The zero-order chi connectivity index (χ0) is 19.6. The van der Waals surface area contributed by atoms with E-state index in [0.717, 1.165) is 37.0 Å². The van der Waals surface area contributed by atoms with Crippen LogP contribution in [0.3, 0.4) is 0 Å². The van der Waals surface area contributed by atoms with Gasteiger partial charge in [0.05, 0.1) is 18.3 Å². The average molecular weight is 392 g/mol. The molecule has 0 aromatic carbocycles. The number of rotatable bonds is 5. The molecular formula is C19H24N2O5S. The summed E-state index contributed by atoms with van der Waals surface area (Å²) in [6.07, 6.45) is 5.21. The Morgan fingerprint density at radius 1 is 1.37 bits per heavy atom. The molecule has 1 aliphatic carbocycles. The molecular weight excluding hydrogens is 368 g/mol. The Morgan fingerprint density at radius 2 is 2.15 bits per heavy atom. The summed E-state index contributed by atoms with van der Waals surface area (Å²) in [6.45, 7) is 5.65. The number of thiophene rings is 1. The summed E-state index contributed by atoms with van der Waals surface area (Å²) < 4.78 is 11.8. The Morgan fingerprint density at radius 3 is 2.85 bits per heavy atom. The van der Waals surface area contributed by atoms with Gasteiger partial charge in [0.1, 0.15) is 22.4 Å². The standard InChI is InChI=1S/C19H24N2O5S/c1-4-25-19(24)16-12(3)15-17(27-16)20-10-21(18(15)23)9-14(22)26-13-7-5-6-11(2)8-13/h10-11,13H,4-9H2,1-3H3/t11-,13+/m1/s1. The summed E-state index contributed by atoms with van der Waals surface area (Å²) in [4.78, 5) is 42.2. The van der Waals surface area contributed by atoms with Crippen molar-refractivity contribution in [1.82, 2.24) is 9.55 Å². The van der Waals surface area contributed by atoms with Crippen LogP contribution in [-0.4, -0.2) is 34.2 Å². The van der Waals surface area contributed by atoms with Gasteiger partial charge in [-0.15, -0.1) is 11.3 Å². The topological polar surface area (TPSA) is 87.5 Å². The normalized spacial score (nSPS) is 19.8. The monoisotopic (exact) mass is 392 g/mol. The number of aromatic nitrogens is 2. The number of esters is 2. The van der Waals surface area contributed by atoms with Gasteiger partial charge in [-0.1, -0.05) is 13.3 Å². The Kier molecular flexibility index (Phi) is 5.94. The third kappa shape index (κ3) is 4.21. The average Bonchev–Trinajstić information content (AvgIpc) is 2.95. The molecule has 3 rings (SSSR count). The lowest BCUT2D eigenvalue weighted by molar-refractivity contribution is -0.152. The highest BCUT2D eigenvalue weighted by molar-refractivity contribution is 7.20. The van der Waals surface area contributed by atoms with Crippen molar-refractivity contribution in [2.45, 2.75) is 59.1 Å². The number of carbonyl (C=O) groups excluding carboxylic acids is 2. The van der Waals surface area contributed by atoms with Crippen LogP contribution in [0.1, 0.15) is 54.8 Å². The van der Waals surface area contributed by atoms with Crippen LogP contribution < -0.4 is 5.56 Å². The van der Waals surface area contributed by atoms with E-state index in [9.17, 15) is 14.4 Å². The Balaban J connectivity index is 1.80. The molecule has 2 atom stereocenters. The summed E-state index contributed by atoms with van der Waals surface area (Å²) in [5.74, 6) is -0.349. The Bertz CT molecular complexity index is 917. The first-order valence-electron chi connectivity index (χ1n) is 9.25. The van der Waals surface area contributed by atoms with Crippen LogP contribution in [0.2, 0.25) is 0 Å². The highest BCUT2D eigenvalue weighted by Gasteiger charge is 2.24. The predicted octanol–water partition coefficient (Wildman–Crippen LogP) is 3.07. The van der Waals surface area contributed by atoms with Gasteiger partial charge in [-0.3, -0.25) is 14.2 Å². The van der Waals surface area contributed by atoms with Crippen molar-refractivity contribution in [3.8, 4) is 0 Å². The molecule has 7 nitrogen and oxygen atoms in total. The van der Waals surface area contributed by atoms with E-state index in [2.05, 4.69) is 11.9 Å². The zero-order valence-electron chi connectivity index (χ0n) is 15.8. The lowest BCUT2D eigenvalue weighted by atomic mass is 9.89. The Hall–Kier alpha value is -2.22. The second-order valence-corrected chi connectivity index (χ2v) is 8.02. The van der Waals surface area contributed by atoms with Crippen molar-refractivity contribution in [3.63, 3.8) is 0 Å². The van der Waals surface area contributed by atoms with Gasteiger partial charge in [0.25, 0.3) is 5.56 Å². The molecule has 0 aliphatic heterocycles. The molecule has 0 bridgehead atoms. The van der Waals surface area contributed by atoms with Gasteiger partial charge in [-0.25, -0.2) is 9.78 Å². The molecule has 1 saturated carbocycles. The molecule has 0 saturated heterocycles. The fourth-order valence-electron chi connectivity index (χ4n) is 3.51. The van der Waals surface area contributed by atoms with Crippen LogP contribution in [0, 0.1) is 12.8 Å². The zero-order valence-corrected chi connectivity index (χ0v) is 16.6. The first-order chi connectivity index (χ1) is 12.9. The van der Waals surface area contributed by atoms with Crippen LogP contribution in [0.4, 0.5) is 0 Å². The number of hydrogen-bond acceptors (Lipinski definition) is 7. The van der Waals surface area contributed by atoms with Crippen molar-refractivity contribution in [1.29, 1.82) is 0 Å². The third-order valence-corrected chi connectivity index (χ3v) is 6.04. The second kappa shape index (κ2) is 8.21. The fraction of sp³-hybridized carbons (Fsp3) is 0.579. The van der Waals surface area contributed by atoms with E-state index in [1.54, 1.807) is 13.8 Å². The lowest BCUT2D eigenvalue weighted by Gasteiger charge is -2.26. The molecule has 2 aromatic rings. The van der Waals surface area contributed by atoms with E-state index in [4.69, 9.17) is 9.47 Å². The van der Waals surface area contributed by atoms with Crippen molar-refractivity contribution in [2.75, 3.05) is 6.61 Å². The van der Waals surface area contributed by atoms with Crippen LogP contribution in [-0.2, 0) is 20.8 Å². The van der Waals surface area contributed by atoms with E-state index < -0.39 is 11.9 Å². The SMILES string of the molecule is CCOC(=O)c1sc2ncn(CC(=O)O[C@H]3CCC[C@@H](C)C3)c(=O)c2c1C. The maximum absolute atomic E-state index is 12.8. The summed E-state index contributed by atoms with van der Waals surface area (Å²) >= 11 is 1.13. The summed E-state index contributed by atoms with van der Waals surface area (Å²) in [5, 5.41) is 0.352. The number of hydrogen-bond donors (Lipinski definition) is 0. The molecule has 0 radical (unpaired) electrons. The van der Waals surface area contributed by atoms with Gasteiger partial charge in [-0.05, 0) is 44.6 Å². The molecule has 0 spiro atoms. The molecule has 2 heterocycles. The number of ether oxygens (including phenoxy) is 2. The molecule has 0 N–H and O–H groups in total. The molecule has 146 valence electrons. The molecule has 2 aromatic heterocycles. The van der Waals surface area contributed by atoms with E-state index in [1.165, 1.54) is 10.9 Å². The second-order valence-electron chi connectivity index (χ2n) is 7.02. The quantitative estimate of drug-likeness (QED) is 0.727. The first-order valence-corrected chi connectivity index (χ1v) is 10.1. The highest BCUT2D eigenvalue weighted by Crippen LogP contribution is 2.28.